The molecule has 3 heteroatoms. The molecular weight excluding hydrogens is 274 g/mol. The Bertz CT molecular complexity index is 664. The van der Waals surface area contributed by atoms with Gasteiger partial charge in [0.15, 0.2) is 0 Å². The Balaban J connectivity index is 1.82. The van der Waals surface area contributed by atoms with Gasteiger partial charge in [-0.25, -0.2) is 0 Å². The molecule has 2 aromatic carbocycles. The largest absolute Gasteiger partial charge is 0.508 e. The Labute approximate surface area is 131 Å². The highest BCUT2D eigenvalue weighted by Crippen LogP contribution is 2.36. The molecular formula is C19H21NO2. The fraction of sp³-hybridized carbons (Fsp3) is 0.263. The Morgan fingerprint density at radius 1 is 1.27 bits per heavy atom. The van der Waals surface area contributed by atoms with Crippen molar-refractivity contribution in [2.45, 2.75) is 19.4 Å². The van der Waals surface area contributed by atoms with Crippen LogP contribution in [0.25, 0.3) is 0 Å². The first-order valence-electron chi connectivity index (χ1n) is 7.57. The van der Waals surface area contributed by atoms with Crippen LogP contribution in [0.4, 0.5) is 5.69 Å². The summed E-state index contributed by atoms with van der Waals surface area (Å²) in [5, 5.41) is 9.69. The van der Waals surface area contributed by atoms with Gasteiger partial charge < -0.3 is 14.7 Å². The molecule has 0 saturated carbocycles. The molecule has 1 aliphatic rings. The predicted octanol–water partition coefficient (Wildman–Crippen LogP) is 3.70. The third-order valence-electron chi connectivity index (χ3n) is 3.93. The van der Waals surface area contributed by atoms with Gasteiger partial charge in [0, 0.05) is 19.0 Å². The summed E-state index contributed by atoms with van der Waals surface area (Å²) in [5.74, 6) is 1.08. The van der Waals surface area contributed by atoms with Gasteiger partial charge in [-0.1, -0.05) is 35.9 Å². The first-order valence-corrected chi connectivity index (χ1v) is 7.57. The standard InChI is InChI=1S/C19H21NO2/c1-3-10-20-13-17(11-15-6-4-14(2)5-7-15)22-19-9-8-16(21)12-18(19)20/h3-9,12,17,21H,1,10-11,13H2,2H3. The van der Waals surface area contributed by atoms with Crippen molar-refractivity contribution in [2.24, 2.45) is 0 Å². The Morgan fingerprint density at radius 3 is 2.77 bits per heavy atom. The lowest BCUT2D eigenvalue weighted by molar-refractivity contribution is 0.194. The van der Waals surface area contributed by atoms with E-state index in [1.165, 1.54) is 11.1 Å². The normalized spacial score (nSPS) is 16.8. The van der Waals surface area contributed by atoms with Crippen LogP contribution in [0.15, 0.2) is 55.1 Å². The summed E-state index contributed by atoms with van der Waals surface area (Å²) in [6, 6.07) is 13.8. The second kappa shape index (κ2) is 6.14. The van der Waals surface area contributed by atoms with E-state index >= 15 is 0 Å². The molecule has 0 aliphatic carbocycles. The van der Waals surface area contributed by atoms with E-state index in [1.807, 2.05) is 12.1 Å². The fourth-order valence-electron chi connectivity index (χ4n) is 2.84. The average Bonchev–Trinajstić information content (AvgIpc) is 2.51. The van der Waals surface area contributed by atoms with Crippen LogP contribution in [0, 0.1) is 6.92 Å². The molecule has 0 radical (unpaired) electrons. The molecule has 0 bridgehead atoms. The number of aromatic hydroxyl groups is 1. The maximum absolute atomic E-state index is 9.69. The Morgan fingerprint density at radius 2 is 2.05 bits per heavy atom. The van der Waals surface area contributed by atoms with Gasteiger partial charge >= 0.3 is 0 Å². The van der Waals surface area contributed by atoms with E-state index in [4.69, 9.17) is 4.74 Å². The van der Waals surface area contributed by atoms with E-state index in [1.54, 1.807) is 12.1 Å². The van der Waals surface area contributed by atoms with E-state index in [0.29, 0.717) is 0 Å². The lowest BCUT2D eigenvalue weighted by Crippen LogP contribution is -2.41. The van der Waals surface area contributed by atoms with Crippen molar-refractivity contribution in [3.8, 4) is 11.5 Å². The minimum atomic E-state index is 0.0969. The van der Waals surface area contributed by atoms with Crippen LogP contribution in [-0.4, -0.2) is 24.3 Å². The molecule has 1 heterocycles. The summed E-state index contributed by atoms with van der Waals surface area (Å²) in [7, 11) is 0. The molecule has 0 saturated heterocycles. The quantitative estimate of drug-likeness (QED) is 0.873. The van der Waals surface area contributed by atoms with E-state index in [2.05, 4.69) is 42.7 Å². The van der Waals surface area contributed by atoms with E-state index in [0.717, 1.165) is 30.9 Å². The van der Waals surface area contributed by atoms with Crippen LogP contribution >= 0.6 is 0 Å². The van der Waals surface area contributed by atoms with Crippen LogP contribution in [0.1, 0.15) is 11.1 Å². The molecule has 0 aromatic heterocycles. The molecule has 22 heavy (non-hydrogen) atoms. The number of anilines is 1. The molecule has 1 N–H and O–H groups in total. The van der Waals surface area contributed by atoms with Crippen LogP contribution in [-0.2, 0) is 6.42 Å². The Hall–Kier alpha value is -2.42. The number of phenols is 1. The van der Waals surface area contributed by atoms with Gasteiger partial charge in [0.25, 0.3) is 0 Å². The minimum Gasteiger partial charge on any atom is -0.508 e. The van der Waals surface area contributed by atoms with Gasteiger partial charge in [0.05, 0.1) is 12.2 Å². The van der Waals surface area contributed by atoms with Crippen molar-refractivity contribution in [1.82, 2.24) is 0 Å². The molecule has 0 spiro atoms. The monoisotopic (exact) mass is 295 g/mol. The number of fused-ring (bicyclic) bond motifs is 1. The summed E-state index contributed by atoms with van der Waals surface area (Å²) >= 11 is 0. The number of phenolic OH excluding ortho intramolecular Hbond substituents is 1. The SMILES string of the molecule is C=CCN1CC(Cc2ccc(C)cc2)Oc2ccc(O)cc21. The van der Waals surface area contributed by atoms with Gasteiger partial charge in [-0.05, 0) is 24.6 Å². The van der Waals surface area contributed by atoms with Crippen molar-refractivity contribution in [3.63, 3.8) is 0 Å². The summed E-state index contributed by atoms with van der Waals surface area (Å²) in [6.07, 6.45) is 2.84. The fourth-order valence-corrected chi connectivity index (χ4v) is 2.84. The number of nitrogens with zero attached hydrogens (tertiary/aromatic N) is 1. The zero-order valence-corrected chi connectivity index (χ0v) is 12.8. The average molecular weight is 295 g/mol. The van der Waals surface area contributed by atoms with Crippen molar-refractivity contribution in [2.75, 3.05) is 18.0 Å². The van der Waals surface area contributed by atoms with Crippen LogP contribution in [0.3, 0.4) is 0 Å². The summed E-state index contributed by atoms with van der Waals surface area (Å²) in [5.41, 5.74) is 3.47. The Kier molecular flexibility index (Phi) is 4.05. The van der Waals surface area contributed by atoms with Crippen LogP contribution in [0.2, 0.25) is 0 Å². The summed E-state index contributed by atoms with van der Waals surface area (Å²) < 4.78 is 6.11. The van der Waals surface area contributed by atoms with Crippen molar-refractivity contribution >= 4 is 5.69 Å². The van der Waals surface area contributed by atoms with Gasteiger partial charge in [0.2, 0.25) is 0 Å². The molecule has 2 aromatic rings. The number of hydrogen-bond acceptors (Lipinski definition) is 3. The van der Waals surface area contributed by atoms with Crippen LogP contribution in [0.5, 0.6) is 11.5 Å². The highest BCUT2D eigenvalue weighted by Gasteiger charge is 2.25. The summed E-state index contributed by atoms with van der Waals surface area (Å²) in [6.45, 7) is 7.44. The number of rotatable bonds is 4. The molecule has 1 atom stereocenters. The molecule has 1 unspecified atom stereocenters. The second-order valence-electron chi connectivity index (χ2n) is 5.78. The third-order valence-corrected chi connectivity index (χ3v) is 3.93. The van der Waals surface area contributed by atoms with E-state index in [9.17, 15) is 5.11 Å². The topological polar surface area (TPSA) is 32.7 Å². The zero-order chi connectivity index (χ0) is 15.5. The van der Waals surface area contributed by atoms with E-state index in [-0.39, 0.29) is 11.9 Å². The van der Waals surface area contributed by atoms with Crippen molar-refractivity contribution < 1.29 is 9.84 Å². The zero-order valence-electron chi connectivity index (χ0n) is 12.8. The second-order valence-corrected chi connectivity index (χ2v) is 5.78. The number of aryl methyl sites for hydroxylation is 1. The van der Waals surface area contributed by atoms with Gasteiger partial charge in [-0.3, -0.25) is 0 Å². The first kappa shape index (κ1) is 14.5. The number of ether oxygens (including phenoxy) is 1. The third kappa shape index (κ3) is 3.08. The molecule has 0 fully saturated rings. The predicted molar refractivity (Wildman–Crippen MR) is 89.8 cm³/mol. The maximum atomic E-state index is 9.69. The minimum absolute atomic E-state index is 0.0969. The summed E-state index contributed by atoms with van der Waals surface area (Å²) in [4.78, 5) is 2.20. The van der Waals surface area contributed by atoms with Gasteiger partial charge in [-0.15, -0.1) is 6.58 Å². The maximum Gasteiger partial charge on any atom is 0.143 e. The number of hydrogen-bond donors (Lipinski definition) is 1. The van der Waals surface area contributed by atoms with E-state index < -0.39 is 0 Å². The van der Waals surface area contributed by atoms with Gasteiger partial charge in [0.1, 0.15) is 17.6 Å². The van der Waals surface area contributed by atoms with Crippen molar-refractivity contribution in [3.05, 3.63) is 66.2 Å². The molecule has 0 amide bonds. The molecule has 3 nitrogen and oxygen atoms in total. The molecule has 114 valence electrons. The smallest absolute Gasteiger partial charge is 0.143 e. The highest BCUT2D eigenvalue weighted by atomic mass is 16.5. The number of benzene rings is 2. The molecule has 3 rings (SSSR count). The lowest BCUT2D eigenvalue weighted by atomic mass is 10.0. The first-order chi connectivity index (χ1) is 10.7. The molecule has 1 aliphatic heterocycles. The van der Waals surface area contributed by atoms with Gasteiger partial charge in [-0.2, -0.15) is 0 Å². The lowest BCUT2D eigenvalue weighted by Gasteiger charge is -2.36. The van der Waals surface area contributed by atoms with Crippen LogP contribution < -0.4 is 9.64 Å². The highest BCUT2D eigenvalue weighted by molar-refractivity contribution is 5.63. The van der Waals surface area contributed by atoms with Crippen molar-refractivity contribution in [1.29, 1.82) is 0 Å².